The number of hydrogen-bond acceptors (Lipinski definition) is 4. The smallest absolute Gasteiger partial charge is 0.408 e. The molecule has 2 aromatic rings. The van der Waals surface area contributed by atoms with Gasteiger partial charge < -0.3 is 14.2 Å². The molecular formula is C17H21N3O3. The number of anilines is 1. The van der Waals surface area contributed by atoms with E-state index in [1.165, 1.54) is 12.8 Å². The zero-order valence-electron chi connectivity index (χ0n) is 13.1. The summed E-state index contributed by atoms with van der Waals surface area (Å²) in [6.07, 6.45) is 4.51. The molecule has 1 aliphatic heterocycles. The van der Waals surface area contributed by atoms with Crippen molar-refractivity contribution in [3.8, 4) is 0 Å². The Labute approximate surface area is 134 Å². The normalized spacial score (nSPS) is 19.7. The van der Waals surface area contributed by atoms with Crippen LogP contribution in [0.1, 0.15) is 25.7 Å². The molecule has 6 nitrogen and oxygen atoms in total. The van der Waals surface area contributed by atoms with Crippen LogP contribution in [0.25, 0.3) is 11.1 Å². The molecule has 1 N–H and O–H groups in total. The van der Waals surface area contributed by atoms with Crippen molar-refractivity contribution in [3.05, 3.63) is 28.7 Å². The maximum Gasteiger partial charge on any atom is 0.417 e. The molecule has 0 radical (unpaired) electrons. The number of fused-ring (bicyclic) bond motifs is 1. The SMILES string of the molecule is O=C(C1CCCC1)N1CCN(c2ccc3oc(=O)[nH]c3c2)CC1. The quantitative estimate of drug-likeness (QED) is 0.920. The van der Waals surface area contributed by atoms with Crippen molar-refractivity contribution in [2.24, 2.45) is 5.92 Å². The van der Waals surface area contributed by atoms with E-state index in [0.29, 0.717) is 11.5 Å². The van der Waals surface area contributed by atoms with Crippen LogP contribution in [-0.2, 0) is 4.79 Å². The number of carbonyl (C=O) groups is 1. The van der Waals surface area contributed by atoms with Gasteiger partial charge in [0.25, 0.3) is 0 Å². The highest BCUT2D eigenvalue weighted by atomic mass is 16.4. The van der Waals surface area contributed by atoms with Gasteiger partial charge in [0.2, 0.25) is 5.91 Å². The summed E-state index contributed by atoms with van der Waals surface area (Å²) in [7, 11) is 0. The van der Waals surface area contributed by atoms with Gasteiger partial charge in [0.15, 0.2) is 5.58 Å². The third-order valence-electron chi connectivity index (χ3n) is 5.06. The molecule has 2 aliphatic rings. The van der Waals surface area contributed by atoms with Crippen LogP contribution < -0.4 is 10.7 Å². The summed E-state index contributed by atoms with van der Waals surface area (Å²) in [5, 5.41) is 0. The number of rotatable bonds is 2. The Morgan fingerprint density at radius 3 is 2.61 bits per heavy atom. The molecule has 23 heavy (non-hydrogen) atoms. The fraction of sp³-hybridized carbons (Fsp3) is 0.529. The Morgan fingerprint density at radius 1 is 1.13 bits per heavy atom. The number of nitrogens with zero attached hydrogens (tertiary/aromatic N) is 2. The molecule has 0 bridgehead atoms. The average Bonchev–Trinajstić information content (AvgIpc) is 3.22. The van der Waals surface area contributed by atoms with Gasteiger partial charge in [0.1, 0.15) is 0 Å². The zero-order valence-corrected chi connectivity index (χ0v) is 13.1. The Kier molecular flexibility index (Phi) is 3.59. The van der Waals surface area contributed by atoms with Crippen molar-refractivity contribution in [2.45, 2.75) is 25.7 Å². The molecule has 1 aromatic heterocycles. The lowest BCUT2D eigenvalue weighted by Gasteiger charge is -2.37. The summed E-state index contributed by atoms with van der Waals surface area (Å²) in [6, 6.07) is 5.72. The van der Waals surface area contributed by atoms with E-state index in [-0.39, 0.29) is 5.92 Å². The molecule has 1 saturated carbocycles. The van der Waals surface area contributed by atoms with Gasteiger partial charge in [-0.15, -0.1) is 0 Å². The fourth-order valence-electron chi connectivity index (χ4n) is 3.75. The lowest BCUT2D eigenvalue weighted by Crippen LogP contribution is -2.50. The molecule has 1 saturated heterocycles. The van der Waals surface area contributed by atoms with Crippen LogP contribution in [0.4, 0.5) is 5.69 Å². The largest absolute Gasteiger partial charge is 0.417 e. The van der Waals surface area contributed by atoms with E-state index in [9.17, 15) is 9.59 Å². The number of amides is 1. The second kappa shape index (κ2) is 5.76. The van der Waals surface area contributed by atoms with Gasteiger partial charge >= 0.3 is 5.76 Å². The molecule has 4 rings (SSSR count). The molecule has 2 fully saturated rings. The second-order valence-corrected chi connectivity index (χ2v) is 6.49. The van der Waals surface area contributed by atoms with Crippen LogP contribution in [0.3, 0.4) is 0 Å². The predicted octanol–water partition coefficient (Wildman–Crippen LogP) is 1.96. The number of H-pyrrole nitrogens is 1. The van der Waals surface area contributed by atoms with E-state index in [1.54, 1.807) is 0 Å². The van der Waals surface area contributed by atoms with Crippen LogP contribution >= 0.6 is 0 Å². The van der Waals surface area contributed by atoms with E-state index in [1.807, 2.05) is 23.1 Å². The minimum Gasteiger partial charge on any atom is -0.408 e. The number of piperazine rings is 1. The minimum absolute atomic E-state index is 0.258. The van der Waals surface area contributed by atoms with Crippen molar-refractivity contribution in [1.29, 1.82) is 0 Å². The molecule has 1 aliphatic carbocycles. The molecule has 0 atom stereocenters. The van der Waals surface area contributed by atoms with Crippen LogP contribution in [0.15, 0.2) is 27.4 Å². The van der Waals surface area contributed by atoms with Gasteiger partial charge in [-0.3, -0.25) is 9.78 Å². The number of aromatic nitrogens is 1. The van der Waals surface area contributed by atoms with Gasteiger partial charge in [-0.2, -0.15) is 0 Å². The third kappa shape index (κ3) is 2.73. The highest BCUT2D eigenvalue weighted by molar-refractivity contribution is 5.80. The molecule has 0 unspecified atom stereocenters. The first-order chi connectivity index (χ1) is 11.2. The summed E-state index contributed by atoms with van der Waals surface area (Å²) in [5.74, 6) is 0.176. The van der Waals surface area contributed by atoms with Gasteiger partial charge in [-0.25, -0.2) is 4.79 Å². The Morgan fingerprint density at radius 2 is 1.87 bits per heavy atom. The molecule has 2 heterocycles. The summed E-state index contributed by atoms with van der Waals surface area (Å²) < 4.78 is 5.03. The molecule has 1 aromatic carbocycles. The van der Waals surface area contributed by atoms with Crippen molar-refractivity contribution >= 4 is 22.7 Å². The summed E-state index contributed by atoms with van der Waals surface area (Å²) >= 11 is 0. The predicted molar refractivity (Wildman–Crippen MR) is 87.6 cm³/mol. The highest BCUT2D eigenvalue weighted by Gasteiger charge is 2.29. The summed E-state index contributed by atoms with van der Waals surface area (Å²) in [5.41, 5.74) is 2.35. The van der Waals surface area contributed by atoms with E-state index in [4.69, 9.17) is 4.42 Å². The van der Waals surface area contributed by atoms with Crippen molar-refractivity contribution < 1.29 is 9.21 Å². The van der Waals surface area contributed by atoms with Crippen LogP contribution in [0, 0.1) is 5.92 Å². The van der Waals surface area contributed by atoms with Crippen LogP contribution in [0.5, 0.6) is 0 Å². The van der Waals surface area contributed by atoms with Gasteiger partial charge in [-0.1, -0.05) is 12.8 Å². The lowest BCUT2D eigenvalue weighted by molar-refractivity contribution is -0.135. The van der Waals surface area contributed by atoms with E-state index >= 15 is 0 Å². The number of benzene rings is 1. The first kappa shape index (κ1) is 14.4. The summed E-state index contributed by atoms with van der Waals surface area (Å²) in [6.45, 7) is 3.20. The van der Waals surface area contributed by atoms with Crippen LogP contribution in [0.2, 0.25) is 0 Å². The average molecular weight is 315 g/mol. The highest BCUT2D eigenvalue weighted by Crippen LogP contribution is 2.27. The molecule has 0 spiro atoms. The minimum atomic E-state index is -0.427. The first-order valence-corrected chi connectivity index (χ1v) is 8.37. The number of hydrogen-bond donors (Lipinski definition) is 1. The van der Waals surface area contributed by atoms with Crippen molar-refractivity contribution in [2.75, 3.05) is 31.1 Å². The third-order valence-corrected chi connectivity index (χ3v) is 5.06. The van der Waals surface area contributed by atoms with Gasteiger partial charge in [0.05, 0.1) is 5.52 Å². The molecular weight excluding hydrogens is 294 g/mol. The van der Waals surface area contributed by atoms with Gasteiger partial charge in [-0.05, 0) is 31.0 Å². The lowest BCUT2D eigenvalue weighted by atomic mass is 10.1. The topological polar surface area (TPSA) is 69.6 Å². The Hall–Kier alpha value is -2.24. The van der Waals surface area contributed by atoms with Crippen molar-refractivity contribution in [1.82, 2.24) is 9.88 Å². The Balaban J connectivity index is 1.43. The molecule has 122 valence electrons. The number of aromatic amines is 1. The number of nitrogens with one attached hydrogen (secondary N) is 1. The van der Waals surface area contributed by atoms with Crippen molar-refractivity contribution in [3.63, 3.8) is 0 Å². The zero-order chi connectivity index (χ0) is 15.8. The van der Waals surface area contributed by atoms with E-state index in [0.717, 1.165) is 50.2 Å². The van der Waals surface area contributed by atoms with E-state index in [2.05, 4.69) is 9.88 Å². The first-order valence-electron chi connectivity index (χ1n) is 8.37. The van der Waals surface area contributed by atoms with Gasteiger partial charge in [0, 0.05) is 37.8 Å². The standard InChI is InChI=1S/C17H21N3O3/c21-16(12-3-1-2-4-12)20-9-7-19(8-10-20)13-5-6-15-14(11-13)18-17(22)23-15/h5-6,11-12H,1-4,7-10H2,(H,18,22). The maximum absolute atomic E-state index is 12.5. The molecule has 6 heteroatoms. The molecule has 1 amide bonds. The van der Waals surface area contributed by atoms with Crippen LogP contribution in [-0.4, -0.2) is 42.0 Å². The number of oxazole rings is 1. The Bertz CT molecular complexity index is 765. The number of carbonyl (C=O) groups excluding carboxylic acids is 1. The fourth-order valence-corrected chi connectivity index (χ4v) is 3.75. The van der Waals surface area contributed by atoms with E-state index < -0.39 is 5.76 Å². The monoisotopic (exact) mass is 315 g/mol. The maximum atomic E-state index is 12.5. The second-order valence-electron chi connectivity index (χ2n) is 6.49. The summed E-state index contributed by atoms with van der Waals surface area (Å²) in [4.78, 5) is 30.7.